The molecule has 116 valence electrons. The van der Waals surface area contributed by atoms with Gasteiger partial charge in [0, 0.05) is 10.6 Å². The van der Waals surface area contributed by atoms with Crippen molar-refractivity contribution in [2.24, 2.45) is 0 Å². The highest BCUT2D eigenvalue weighted by atomic mass is 35.5. The number of ether oxygens (including phenoxy) is 2. The van der Waals surface area contributed by atoms with Gasteiger partial charge in [-0.1, -0.05) is 30.9 Å². The fourth-order valence-corrected chi connectivity index (χ4v) is 3.77. The van der Waals surface area contributed by atoms with E-state index in [1.54, 1.807) is 12.1 Å². The number of aliphatic hydroxyl groups excluding tert-OH is 1. The van der Waals surface area contributed by atoms with Gasteiger partial charge in [-0.2, -0.15) is 0 Å². The molecule has 4 heteroatoms. The van der Waals surface area contributed by atoms with E-state index < -0.39 is 0 Å². The number of hydrogen-bond acceptors (Lipinski definition) is 3. The van der Waals surface area contributed by atoms with Crippen LogP contribution in [0.1, 0.15) is 50.5 Å². The van der Waals surface area contributed by atoms with Crippen molar-refractivity contribution >= 4 is 11.6 Å². The van der Waals surface area contributed by atoms with Gasteiger partial charge < -0.3 is 14.6 Å². The molecule has 3 nitrogen and oxygen atoms in total. The molecule has 1 aliphatic heterocycles. The van der Waals surface area contributed by atoms with Gasteiger partial charge in [0.15, 0.2) is 0 Å². The second kappa shape index (κ2) is 6.55. The minimum atomic E-state index is -0.0641. The summed E-state index contributed by atoms with van der Waals surface area (Å²) in [6, 6.07) is 5.35. The number of aliphatic hydroxyl groups is 1. The summed E-state index contributed by atoms with van der Waals surface area (Å²) in [7, 11) is 0. The van der Waals surface area contributed by atoms with Crippen LogP contribution in [-0.2, 0) is 11.3 Å². The smallest absolute Gasteiger partial charge is 0.125 e. The van der Waals surface area contributed by atoms with Gasteiger partial charge in [-0.3, -0.25) is 0 Å². The Morgan fingerprint density at radius 3 is 2.81 bits per heavy atom. The molecule has 1 unspecified atom stereocenters. The molecule has 1 aliphatic carbocycles. The van der Waals surface area contributed by atoms with Gasteiger partial charge in [-0.05, 0) is 43.9 Å². The summed E-state index contributed by atoms with van der Waals surface area (Å²) in [5.41, 5.74) is 0.861. The predicted octanol–water partition coefficient (Wildman–Crippen LogP) is 4.09. The number of halogens is 1. The molecule has 2 aliphatic rings. The lowest BCUT2D eigenvalue weighted by atomic mass is 9.83. The molecule has 3 rings (SSSR count). The Labute approximate surface area is 131 Å². The van der Waals surface area contributed by atoms with Crippen LogP contribution in [0.2, 0.25) is 5.02 Å². The molecule has 0 aromatic heterocycles. The molecule has 1 aromatic rings. The first-order valence-electron chi connectivity index (χ1n) is 7.91. The lowest BCUT2D eigenvalue weighted by Gasteiger charge is -2.33. The fourth-order valence-electron chi connectivity index (χ4n) is 3.57. The van der Waals surface area contributed by atoms with E-state index in [2.05, 4.69) is 0 Å². The number of rotatable bonds is 4. The van der Waals surface area contributed by atoms with E-state index in [1.165, 1.54) is 32.1 Å². The highest BCUT2D eigenvalue weighted by Gasteiger charge is 2.40. The van der Waals surface area contributed by atoms with Crippen LogP contribution in [0.4, 0.5) is 0 Å². The maximum atomic E-state index is 9.36. The number of hydrogen-bond donors (Lipinski definition) is 1. The zero-order valence-electron chi connectivity index (χ0n) is 12.3. The maximum Gasteiger partial charge on any atom is 0.125 e. The third-order valence-electron chi connectivity index (χ3n) is 4.72. The molecule has 1 saturated carbocycles. The maximum absolute atomic E-state index is 9.36. The molecule has 2 fully saturated rings. The van der Waals surface area contributed by atoms with Crippen LogP contribution >= 0.6 is 11.6 Å². The third-order valence-corrected chi connectivity index (χ3v) is 4.96. The Kier molecular flexibility index (Phi) is 4.72. The zero-order chi connectivity index (χ0) is 14.7. The van der Waals surface area contributed by atoms with E-state index in [9.17, 15) is 5.11 Å². The van der Waals surface area contributed by atoms with E-state index in [0.717, 1.165) is 18.4 Å². The molecule has 1 spiro atoms. The summed E-state index contributed by atoms with van der Waals surface area (Å²) in [4.78, 5) is 0. The molecule has 1 aromatic carbocycles. The minimum Gasteiger partial charge on any atom is -0.491 e. The Morgan fingerprint density at radius 2 is 2.05 bits per heavy atom. The van der Waals surface area contributed by atoms with Crippen molar-refractivity contribution in [3.05, 3.63) is 28.8 Å². The Hall–Kier alpha value is -0.770. The first-order chi connectivity index (χ1) is 10.2. The molecule has 0 bridgehead atoms. The monoisotopic (exact) mass is 310 g/mol. The van der Waals surface area contributed by atoms with Gasteiger partial charge in [0.2, 0.25) is 0 Å². The molecule has 1 N–H and O–H groups in total. The van der Waals surface area contributed by atoms with Gasteiger partial charge in [0.1, 0.15) is 12.4 Å². The molecule has 0 amide bonds. The normalized spacial score (nSPS) is 24.4. The van der Waals surface area contributed by atoms with E-state index in [0.29, 0.717) is 17.4 Å². The quantitative estimate of drug-likeness (QED) is 0.910. The Bertz CT molecular complexity index is 483. The Morgan fingerprint density at radius 1 is 1.24 bits per heavy atom. The first kappa shape index (κ1) is 15.1. The summed E-state index contributed by atoms with van der Waals surface area (Å²) in [6.45, 7) is 0.488. The van der Waals surface area contributed by atoms with E-state index >= 15 is 0 Å². The van der Waals surface area contributed by atoms with Crippen LogP contribution in [0, 0.1) is 0 Å². The molecular weight excluding hydrogens is 288 g/mol. The summed E-state index contributed by atoms with van der Waals surface area (Å²) in [5, 5.41) is 9.98. The third kappa shape index (κ3) is 3.53. The van der Waals surface area contributed by atoms with Crippen molar-refractivity contribution in [2.75, 3.05) is 6.61 Å². The lowest BCUT2D eigenvalue weighted by Crippen LogP contribution is -2.32. The minimum absolute atomic E-state index is 0.0641. The molecule has 1 saturated heterocycles. The van der Waals surface area contributed by atoms with Crippen LogP contribution in [0.15, 0.2) is 18.2 Å². The van der Waals surface area contributed by atoms with Crippen molar-refractivity contribution < 1.29 is 14.6 Å². The van der Waals surface area contributed by atoms with Gasteiger partial charge in [0.25, 0.3) is 0 Å². The second-order valence-electron chi connectivity index (χ2n) is 6.24. The zero-order valence-corrected chi connectivity index (χ0v) is 13.1. The van der Waals surface area contributed by atoms with E-state index in [4.69, 9.17) is 21.1 Å². The topological polar surface area (TPSA) is 38.7 Å². The molecule has 1 atom stereocenters. The first-order valence-corrected chi connectivity index (χ1v) is 8.28. The summed E-state index contributed by atoms with van der Waals surface area (Å²) in [5.74, 6) is 0.704. The average Bonchev–Trinajstić information content (AvgIpc) is 2.89. The lowest BCUT2D eigenvalue weighted by molar-refractivity contribution is -0.0749. The van der Waals surface area contributed by atoms with Crippen molar-refractivity contribution in [3.63, 3.8) is 0 Å². The standard InChI is InChI=1S/C17H23ClO3/c18-14-4-5-16(13(10-14)11-19)20-12-15-6-9-17(21-15)7-2-1-3-8-17/h4-5,10,15,19H,1-3,6-9,11-12H2. The fraction of sp³-hybridized carbons (Fsp3) is 0.647. The largest absolute Gasteiger partial charge is 0.491 e. The van der Waals surface area contributed by atoms with Gasteiger partial charge >= 0.3 is 0 Å². The van der Waals surface area contributed by atoms with Crippen molar-refractivity contribution in [1.29, 1.82) is 0 Å². The van der Waals surface area contributed by atoms with Gasteiger partial charge in [-0.15, -0.1) is 0 Å². The van der Waals surface area contributed by atoms with Crippen molar-refractivity contribution in [2.45, 2.75) is 63.3 Å². The summed E-state index contributed by atoms with van der Waals surface area (Å²) < 4.78 is 12.2. The van der Waals surface area contributed by atoms with Crippen LogP contribution in [-0.4, -0.2) is 23.4 Å². The van der Waals surface area contributed by atoms with Crippen LogP contribution < -0.4 is 4.74 Å². The Balaban J connectivity index is 1.56. The van der Waals surface area contributed by atoms with Crippen molar-refractivity contribution in [1.82, 2.24) is 0 Å². The molecular formula is C17H23ClO3. The summed E-state index contributed by atoms with van der Waals surface area (Å²) in [6.07, 6.45) is 8.73. The second-order valence-corrected chi connectivity index (χ2v) is 6.68. The number of benzene rings is 1. The van der Waals surface area contributed by atoms with Crippen molar-refractivity contribution in [3.8, 4) is 5.75 Å². The van der Waals surface area contributed by atoms with Gasteiger partial charge in [0.05, 0.1) is 18.3 Å². The van der Waals surface area contributed by atoms with E-state index in [1.807, 2.05) is 6.07 Å². The highest BCUT2D eigenvalue weighted by molar-refractivity contribution is 6.30. The average molecular weight is 311 g/mol. The molecule has 1 heterocycles. The highest BCUT2D eigenvalue weighted by Crippen LogP contribution is 2.42. The van der Waals surface area contributed by atoms with Crippen LogP contribution in [0.5, 0.6) is 5.75 Å². The van der Waals surface area contributed by atoms with Gasteiger partial charge in [-0.25, -0.2) is 0 Å². The molecule has 21 heavy (non-hydrogen) atoms. The predicted molar refractivity (Wildman–Crippen MR) is 82.8 cm³/mol. The SMILES string of the molecule is OCc1cc(Cl)ccc1OCC1CCC2(CCCCC2)O1. The van der Waals surface area contributed by atoms with E-state index in [-0.39, 0.29) is 18.3 Å². The van der Waals surface area contributed by atoms with Crippen LogP contribution in [0.25, 0.3) is 0 Å². The molecule has 0 radical (unpaired) electrons. The van der Waals surface area contributed by atoms with Crippen LogP contribution in [0.3, 0.4) is 0 Å². The summed E-state index contributed by atoms with van der Waals surface area (Å²) >= 11 is 5.93.